The van der Waals surface area contributed by atoms with Crippen molar-refractivity contribution in [3.8, 4) is 0 Å². The van der Waals surface area contributed by atoms with Gasteiger partial charge in [-0.2, -0.15) is 0 Å². The first-order valence-electron chi connectivity index (χ1n) is 6.55. The molecule has 2 nitrogen and oxygen atoms in total. The van der Waals surface area contributed by atoms with Crippen molar-refractivity contribution < 1.29 is 0 Å². The summed E-state index contributed by atoms with van der Waals surface area (Å²) in [5.74, 6) is 1.82. The summed E-state index contributed by atoms with van der Waals surface area (Å²) in [6.07, 6.45) is 5.62. The second kappa shape index (κ2) is 4.94. The molecule has 90 valence electrons. The summed E-state index contributed by atoms with van der Waals surface area (Å²) in [4.78, 5) is 0. The molecule has 0 radical (unpaired) electrons. The monoisotopic (exact) mass is 220 g/mol. The lowest BCUT2D eigenvalue weighted by Crippen LogP contribution is -2.26. The van der Waals surface area contributed by atoms with Crippen LogP contribution in [0, 0.1) is 25.7 Å². The van der Waals surface area contributed by atoms with Crippen LogP contribution in [-0.4, -0.2) is 11.2 Å². The second-order valence-electron chi connectivity index (χ2n) is 5.44. The van der Waals surface area contributed by atoms with Gasteiger partial charge in [-0.05, 0) is 50.7 Å². The molecule has 2 heteroatoms. The molecular formula is C14H24N2. The van der Waals surface area contributed by atoms with Crippen LogP contribution in [0.3, 0.4) is 0 Å². The molecule has 0 atom stereocenters. The minimum absolute atomic E-state index is 0.873. The predicted octanol–water partition coefficient (Wildman–Crippen LogP) is 3.47. The maximum atomic E-state index is 3.56. The number of aryl methyl sites for hydroxylation is 2. The zero-order valence-corrected chi connectivity index (χ0v) is 10.8. The number of aromatic nitrogens is 1. The molecule has 0 unspecified atom stereocenters. The summed E-state index contributed by atoms with van der Waals surface area (Å²) in [5.41, 5.74) is 6.18. The quantitative estimate of drug-likeness (QED) is 0.825. The molecule has 0 saturated heterocycles. The fourth-order valence-corrected chi connectivity index (χ4v) is 2.67. The van der Waals surface area contributed by atoms with Gasteiger partial charge in [0.05, 0.1) is 0 Å². The van der Waals surface area contributed by atoms with Crippen LogP contribution in [0.25, 0.3) is 0 Å². The third kappa shape index (κ3) is 2.60. The Hall–Kier alpha value is -0.920. The number of nitrogens with one attached hydrogen (secondary N) is 1. The van der Waals surface area contributed by atoms with Crippen molar-refractivity contribution in [2.24, 2.45) is 11.8 Å². The van der Waals surface area contributed by atoms with E-state index in [0.29, 0.717) is 0 Å². The van der Waals surface area contributed by atoms with Crippen LogP contribution in [-0.2, 0) is 0 Å². The maximum Gasteiger partial charge on any atom is 0.0366 e. The smallest absolute Gasteiger partial charge is 0.0366 e. The molecule has 1 aliphatic carbocycles. The zero-order chi connectivity index (χ0) is 11.5. The Bertz CT molecular complexity index is 313. The Morgan fingerprint density at radius 3 is 2.25 bits per heavy atom. The zero-order valence-electron chi connectivity index (χ0n) is 10.8. The van der Waals surface area contributed by atoms with E-state index in [1.807, 2.05) is 0 Å². The van der Waals surface area contributed by atoms with E-state index in [1.165, 1.54) is 37.1 Å². The molecule has 1 fully saturated rings. The lowest BCUT2D eigenvalue weighted by molar-refractivity contribution is 0.296. The highest BCUT2D eigenvalue weighted by molar-refractivity contribution is 5.15. The van der Waals surface area contributed by atoms with Crippen molar-refractivity contribution in [2.75, 3.05) is 12.0 Å². The average molecular weight is 220 g/mol. The van der Waals surface area contributed by atoms with Gasteiger partial charge in [-0.1, -0.05) is 19.8 Å². The van der Waals surface area contributed by atoms with Crippen molar-refractivity contribution in [1.29, 1.82) is 0 Å². The molecule has 0 amide bonds. The van der Waals surface area contributed by atoms with Crippen molar-refractivity contribution in [3.05, 3.63) is 23.5 Å². The Balaban J connectivity index is 1.83. The third-order valence-corrected chi connectivity index (χ3v) is 3.94. The first-order chi connectivity index (χ1) is 7.66. The van der Waals surface area contributed by atoms with E-state index in [2.05, 4.69) is 43.0 Å². The Morgan fingerprint density at radius 2 is 1.69 bits per heavy atom. The van der Waals surface area contributed by atoms with Gasteiger partial charge in [0.15, 0.2) is 0 Å². The topological polar surface area (TPSA) is 17.0 Å². The van der Waals surface area contributed by atoms with E-state index in [9.17, 15) is 0 Å². The van der Waals surface area contributed by atoms with Crippen molar-refractivity contribution >= 4 is 0 Å². The number of hydrogen-bond acceptors (Lipinski definition) is 1. The van der Waals surface area contributed by atoms with Gasteiger partial charge >= 0.3 is 0 Å². The van der Waals surface area contributed by atoms with E-state index in [1.54, 1.807) is 0 Å². The molecule has 0 aromatic carbocycles. The summed E-state index contributed by atoms with van der Waals surface area (Å²) in [7, 11) is 0. The molecule has 1 N–H and O–H groups in total. The highest BCUT2D eigenvalue weighted by Crippen LogP contribution is 2.27. The molecular weight excluding hydrogens is 196 g/mol. The van der Waals surface area contributed by atoms with E-state index in [0.717, 1.165) is 18.4 Å². The minimum atomic E-state index is 0.873. The van der Waals surface area contributed by atoms with Gasteiger partial charge in [-0.3, -0.25) is 4.68 Å². The number of nitrogens with zero attached hydrogens (tertiary/aromatic N) is 1. The summed E-state index contributed by atoms with van der Waals surface area (Å²) < 4.78 is 2.22. The van der Waals surface area contributed by atoms with Gasteiger partial charge in [-0.25, -0.2) is 0 Å². The molecule has 0 spiro atoms. The maximum absolute atomic E-state index is 3.56. The Labute approximate surface area is 99.0 Å². The molecule has 16 heavy (non-hydrogen) atoms. The van der Waals surface area contributed by atoms with Crippen LogP contribution in [0.4, 0.5) is 0 Å². The molecule has 1 aliphatic rings. The molecule has 1 saturated carbocycles. The summed E-state index contributed by atoms with van der Waals surface area (Å²) in [5, 5.41) is 0. The highest BCUT2D eigenvalue weighted by Gasteiger charge is 2.18. The largest absolute Gasteiger partial charge is 0.326 e. The SMILES string of the molecule is Cc1ccc(C)n1NCC1CCC(C)CC1. The highest BCUT2D eigenvalue weighted by atomic mass is 15.4. The molecule has 1 aromatic rings. The summed E-state index contributed by atoms with van der Waals surface area (Å²) >= 11 is 0. The average Bonchev–Trinajstić information content (AvgIpc) is 2.59. The van der Waals surface area contributed by atoms with Gasteiger partial charge in [-0.15, -0.1) is 0 Å². The van der Waals surface area contributed by atoms with Gasteiger partial charge in [0, 0.05) is 17.9 Å². The van der Waals surface area contributed by atoms with Gasteiger partial charge < -0.3 is 5.43 Å². The molecule has 0 bridgehead atoms. The van der Waals surface area contributed by atoms with Crippen molar-refractivity contribution in [2.45, 2.75) is 46.5 Å². The van der Waals surface area contributed by atoms with Gasteiger partial charge in [0.2, 0.25) is 0 Å². The summed E-state index contributed by atoms with van der Waals surface area (Å²) in [6, 6.07) is 4.34. The second-order valence-corrected chi connectivity index (χ2v) is 5.44. The van der Waals surface area contributed by atoms with Crippen molar-refractivity contribution in [3.63, 3.8) is 0 Å². The van der Waals surface area contributed by atoms with Gasteiger partial charge in [0.1, 0.15) is 0 Å². The van der Waals surface area contributed by atoms with Gasteiger partial charge in [0.25, 0.3) is 0 Å². The van der Waals surface area contributed by atoms with Crippen LogP contribution < -0.4 is 5.43 Å². The lowest BCUT2D eigenvalue weighted by atomic mass is 9.83. The van der Waals surface area contributed by atoms with Crippen LogP contribution in [0.2, 0.25) is 0 Å². The van der Waals surface area contributed by atoms with Crippen LogP contribution in [0.1, 0.15) is 44.0 Å². The van der Waals surface area contributed by atoms with E-state index < -0.39 is 0 Å². The van der Waals surface area contributed by atoms with E-state index >= 15 is 0 Å². The number of hydrogen-bond donors (Lipinski definition) is 1. The first kappa shape index (κ1) is 11.6. The predicted molar refractivity (Wildman–Crippen MR) is 69.3 cm³/mol. The first-order valence-corrected chi connectivity index (χ1v) is 6.55. The van der Waals surface area contributed by atoms with Crippen LogP contribution in [0.15, 0.2) is 12.1 Å². The summed E-state index contributed by atoms with van der Waals surface area (Å²) in [6.45, 7) is 7.82. The normalized spacial score (nSPS) is 25.7. The van der Waals surface area contributed by atoms with Crippen molar-refractivity contribution in [1.82, 2.24) is 4.68 Å². The van der Waals surface area contributed by atoms with Crippen LogP contribution in [0.5, 0.6) is 0 Å². The third-order valence-electron chi connectivity index (χ3n) is 3.94. The molecule has 1 aromatic heterocycles. The lowest BCUT2D eigenvalue weighted by Gasteiger charge is -2.27. The number of rotatable bonds is 3. The standard InChI is InChI=1S/C14H24N2/c1-11-4-8-14(9-5-11)10-15-16-12(2)6-7-13(16)3/h6-7,11,14-15H,4-5,8-10H2,1-3H3. The molecule has 1 heterocycles. The Kier molecular flexibility index (Phi) is 3.57. The minimum Gasteiger partial charge on any atom is -0.326 e. The van der Waals surface area contributed by atoms with Crippen LogP contribution >= 0.6 is 0 Å². The van der Waals surface area contributed by atoms with E-state index in [4.69, 9.17) is 0 Å². The fraction of sp³-hybridized carbons (Fsp3) is 0.714. The molecule has 0 aliphatic heterocycles. The fourth-order valence-electron chi connectivity index (χ4n) is 2.67. The Morgan fingerprint density at radius 1 is 1.12 bits per heavy atom. The van der Waals surface area contributed by atoms with E-state index in [-0.39, 0.29) is 0 Å². The molecule has 2 rings (SSSR count).